The lowest BCUT2D eigenvalue weighted by molar-refractivity contribution is 0.0478. The number of aryl methyl sites for hydroxylation is 2. The molecule has 0 atom stereocenters. The standard InChI is InChI=1S/C25H20O3/c1-16-11-12-17(2)22(13-16)23(26)15-28-25(27)24-20-9-5-3-7-18(20)14-19-8-4-6-10-21(19)24/h3-14H,15H2,1-2H3. The lowest BCUT2D eigenvalue weighted by atomic mass is 9.97. The predicted octanol–water partition coefficient (Wildman–Crippen LogP) is 5.65. The second-order valence-corrected chi connectivity index (χ2v) is 7.01. The lowest BCUT2D eigenvalue weighted by Crippen LogP contribution is -2.16. The van der Waals surface area contributed by atoms with Crippen LogP contribution in [0.25, 0.3) is 21.5 Å². The third-order valence-electron chi connectivity index (χ3n) is 5.00. The molecule has 0 heterocycles. The second-order valence-electron chi connectivity index (χ2n) is 7.01. The lowest BCUT2D eigenvalue weighted by Gasteiger charge is -2.12. The number of Topliss-reactive ketones (excluding diaryl/α,β-unsaturated/α-hetero) is 1. The van der Waals surface area contributed by atoms with Crippen LogP contribution in [0.1, 0.15) is 31.8 Å². The number of fused-ring (bicyclic) bond motifs is 2. The van der Waals surface area contributed by atoms with E-state index in [0.29, 0.717) is 11.1 Å². The SMILES string of the molecule is Cc1ccc(C)c(C(=O)COC(=O)c2c3ccccc3cc3ccccc23)c1. The summed E-state index contributed by atoms with van der Waals surface area (Å²) in [4.78, 5) is 25.6. The first-order chi connectivity index (χ1) is 13.5. The summed E-state index contributed by atoms with van der Waals surface area (Å²) in [6.07, 6.45) is 0. The normalized spacial score (nSPS) is 10.9. The first kappa shape index (κ1) is 17.9. The van der Waals surface area contributed by atoms with Crippen molar-refractivity contribution in [3.63, 3.8) is 0 Å². The molecule has 3 heteroatoms. The van der Waals surface area contributed by atoms with E-state index in [-0.39, 0.29) is 12.4 Å². The van der Waals surface area contributed by atoms with E-state index in [2.05, 4.69) is 6.07 Å². The first-order valence-electron chi connectivity index (χ1n) is 9.22. The topological polar surface area (TPSA) is 43.4 Å². The zero-order valence-corrected chi connectivity index (χ0v) is 15.9. The Kier molecular flexibility index (Phi) is 4.66. The molecule has 0 saturated carbocycles. The van der Waals surface area contributed by atoms with Crippen LogP contribution in [0.15, 0.2) is 72.8 Å². The molecule has 0 N–H and O–H groups in total. The van der Waals surface area contributed by atoms with Crippen LogP contribution in [-0.2, 0) is 4.74 Å². The number of hydrogen-bond donors (Lipinski definition) is 0. The first-order valence-corrected chi connectivity index (χ1v) is 9.22. The fraction of sp³-hybridized carbons (Fsp3) is 0.120. The Morgan fingerprint density at radius 1 is 0.786 bits per heavy atom. The number of ether oxygens (including phenoxy) is 1. The van der Waals surface area contributed by atoms with Gasteiger partial charge < -0.3 is 4.74 Å². The molecule has 0 spiro atoms. The van der Waals surface area contributed by atoms with Crippen LogP contribution in [0.4, 0.5) is 0 Å². The molecule has 4 rings (SSSR count). The third-order valence-corrected chi connectivity index (χ3v) is 5.00. The van der Waals surface area contributed by atoms with Gasteiger partial charge in [0, 0.05) is 5.56 Å². The van der Waals surface area contributed by atoms with Crippen LogP contribution < -0.4 is 0 Å². The van der Waals surface area contributed by atoms with Crippen molar-refractivity contribution in [2.45, 2.75) is 13.8 Å². The molecule has 138 valence electrons. The summed E-state index contributed by atoms with van der Waals surface area (Å²) in [5.41, 5.74) is 2.97. The molecule has 0 amide bonds. The van der Waals surface area contributed by atoms with E-state index in [0.717, 1.165) is 32.7 Å². The predicted molar refractivity (Wildman–Crippen MR) is 112 cm³/mol. The number of benzene rings is 4. The van der Waals surface area contributed by atoms with E-state index in [1.54, 1.807) is 0 Å². The van der Waals surface area contributed by atoms with Gasteiger partial charge in [-0.2, -0.15) is 0 Å². The molecule has 0 radical (unpaired) electrons. The average molecular weight is 368 g/mol. The monoisotopic (exact) mass is 368 g/mol. The molecule has 0 fully saturated rings. The van der Waals surface area contributed by atoms with Crippen LogP contribution in [0, 0.1) is 13.8 Å². The largest absolute Gasteiger partial charge is 0.454 e. The van der Waals surface area contributed by atoms with Crippen molar-refractivity contribution in [3.8, 4) is 0 Å². The highest BCUT2D eigenvalue weighted by Gasteiger charge is 2.18. The van der Waals surface area contributed by atoms with Crippen LogP contribution in [0.3, 0.4) is 0 Å². The molecule has 0 aromatic heterocycles. The van der Waals surface area contributed by atoms with Crippen molar-refractivity contribution in [2.24, 2.45) is 0 Å². The van der Waals surface area contributed by atoms with Crippen molar-refractivity contribution < 1.29 is 14.3 Å². The summed E-state index contributed by atoms with van der Waals surface area (Å²) < 4.78 is 5.47. The molecule has 0 bridgehead atoms. The molecule has 0 unspecified atom stereocenters. The van der Waals surface area contributed by atoms with Crippen molar-refractivity contribution in [1.82, 2.24) is 0 Å². The maximum absolute atomic E-state index is 13.0. The zero-order chi connectivity index (χ0) is 19.7. The van der Waals surface area contributed by atoms with E-state index in [1.165, 1.54) is 0 Å². The number of esters is 1. The Balaban J connectivity index is 1.69. The van der Waals surface area contributed by atoms with Gasteiger partial charge in [-0.15, -0.1) is 0 Å². The van der Waals surface area contributed by atoms with Gasteiger partial charge in [-0.3, -0.25) is 4.79 Å². The van der Waals surface area contributed by atoms with Gasteiger partial charge in [-0.25, -0.2) is 4.79 Å². The second kappa shape index (κ2) is 7.28. The minimum atomic E-state index is -0.480. The molecule has 28 heavy (non-hydrogen) atoms. The average Bonchev–Trinajstić information content (AvgIpc) is 2.71. The molecule has 4 aromatic carbocycles. The highest BCUT2D eigenvalue weighted by atomic mass is 16.5. The smallest absolute Gasteiger partial charge is 0.339 e. The van der Waals surface area contributed by atoms with Gasteiger partial charge in [-0.05, 0) is 53.1 Å². The van der Waals surface area contributed by atoms with Gasteiger partial charge in [0.2, 0.25) is 5.78 Å². The summed E-state index contributed by atoms with van der Waals surface area (Å²) in [6.45, 7) is 3.54. The number of carbonyl (C=O) groups excluding carboxylic acids is 2. The van der Waals surface area contributed by atoms with Gasteiger partial charge in [0.15, 0.2) is 6.61 Å². The van der Waals surface area contributed by atoms with Gasteiger partial charge in [0.05, 0.1) is 5.56 Å². The maximum Gasteiger partial charge on any atom is 0.339 e. The van der Waals surface area contributed by atoms with Crippen LogP contribution in [0.2, 0.25) is 0 Å². The Morgan fingerprint density at radius 3 is 2.04 bits per heavy atom. The summed E-state index contributed by atoms with van der Waals surface area (Å²) in [6, 6.07) is 23.2. The zero-order valence-electron chi connectivity index (χ0n) is 15.9. The molecule has 4 aromatic rings. The molecule has 0 aliphatic rings. The van der Waals surface area contributed by atoms with E-state index < -0.39 is 5.97 Å². The molecule has 0 aliphatic carbocycles. The van der Waals surface area contributed by atoms with Crippen LogP contribution in [0.5, 0.6) is 0 Å². The van der Waals surface area contributed by atoms with Gasteiger partial charge in [0.1, 0.15) is 0 Å². The van der Waals surface area contributed by atoms with Crippen molar-refractivity contribution >= 4 is 33.3 Å². The summed E-state index contributed by atoms with van der Waals surface area (Å²) in [5.74, 6) is -0.675. The number of hydrogen-bond acceptors (Lipinski definition) is 3. The van der Waals surface area contributed by atoms with Crippen LogP contribution >= 0.6 is 0 Å². The third kappa shape index (κ3) is 3.27. The number of rotatable bonds is 4. The van der Waals surface area contributed by atoms with E-state index in [9.17, 15) is 9.59 Å². The van der Waals surface area contributed by atoms with E-state index >= 15 is 0 Å². The fourth-order valence-corrected chi connectivity index (χ4v) is 3.55. The number of ketones is 1. The Hall–Kier alpha value is -3.46. The number of carbonyl (C=O) groups is 2. The van der Waals surface area contributed by atoms with Crippen molar-refractivity contribution in [2.75, 3.05) is 6.61 Å². The molecular weight excluding hydrogens is 348 g/mol. The highest BCUT2D eigenvalue weighted by Crippen LogP contribution is 2.29. The minimum absolute atomic E-state index is 0.195. The molecule has 0 aliphatic heterocycles. The summed E-state index contributed by atoms with van der Waals surface area (Å²) in [5, 5.41) is 3.58. The quantitative estimate of drug-likeness (QED) is 0.266. The van der Waals surface area contributed by atoms with Crippen molar-refractivity contribution in [1.29, 1.82) is 0 Å². The molecule has 0 saturated heterocycles. The Bertz CT molecular complexity index is 1170. The molecular formula is C25H20O3. The van der Waals surface area contributed by atoms with Gasteiger partial charge in [-0.1, -0.05) is 66.2 Å². The Morgan fingerprint density at radius 2 is 1.39 bits per heavy atom. The summed E-state index contributed by atoms with van der Waals surface area (Å²) in [7, 11) is 0. The van der Waals surface area contributed by atoms with Crippen molar-refractivity contribution in [3.05, 3.63) is 95.1 Å². The van der Waals surface area contributed by atoms with Gasteiger partial charge >= 0.3 is 5.97 Å². The minimum Gasteiger partial charge on any atom is -0.454 e. The van der Waals surface area contributed by atoms with E-state index in [4.69, 9.17) is 4.74 Å². The summed E-state index contributed by atoms with van der Waals surface area (Å²) >= 11 is 0. The fourth-order valence-electron chi connectivity index (χ4n) is 3.55. The maximum atomic E-state index is 13.0. The molecule has 3 nitrogen and oxygen atoms in total. The van der Waals surface area contributed by atoms with Crippen LogP contribution in [-0.4, -0.2) is 18.4 Å². The highest BCUT2D eigenvalue weighted by molar-refractivity contribution is 6.17. The van der Waals surface area contributed by atoms with E-state index in [1.807, 2.05) is 80.6 Å². The Labute approximate surface area is 163 Å². The van der Waals surface area contributed by atoms with Gasteiger partial charge in [0.25, 0.3) is 0 Å².